The lowest BCUT2D eigenvalue weighted by Crippen LogP contribution is -2.33. The van der Waals surface area contributed by atoms with Crippen molar-refractivity contribution in [3.8, 4) is 5.75 Å². The number of nitrogens with zero attached hydrogens (tertiary/aromatic N) is 3. The van der Waals surface area contributed by atoms with Gasteiger partial charge < -0.3 is 9.64 Å². The lowest BCUT2D eigenvalue weighted by molar-refractivity contribution is -0.133. The van der Waals surface area contributed by atoms with Crippen LogP contribution in [-0.2, 0) is 11.3 Å². The van der Waals surface area contributed by atoms with Crippen LogP contribution in [0.5, 0.6) is 5.75 Å². The Morgan fingerprint density at radius 1 is 1.36 bits per heavy atom. The van der Waals surface area contributed by atoms with Gasteiger partial charge in [-0.3, -0.25) is 9.48 Å². The van der Waals surface area contributed by atoms with E-state index in [9.17, 15) is 4.79 Å². The molecule has 1 saturated heterocycles. The Labute approximate surface area is 130 Å². The van der Waals surface area contributed by atoms with Crippen LogP contribution in [0.1, 0.15) is 30.0 Å². The molecule has 1 atom stereocenters. The second kappa shape index (κ2) is 6.22. The first kappa shape index (κ1) is 14.6. The Kier molecular flexibility index (Phi) is 4.13. The summed E-state index contributed by atoms with van der Waals surface area (Å²) >= 11 is 0. The number of methoxy groups -OCH3 is 1. The van der Waals surface area contributed by atoms with Crippen LogP contribution in [0.2, 0.25) is 0 Å². The van der Waals surface area contributed by atoms with Crippen LogP contribution in [0, 0.1) is 6.92 Å². The fraction of sp³-hybridized carbons (Fsp3) is 0.412. The van der Waals surface area contributed by atoms with Gasteiger partial charge in [-0.05, 0) is 43.0 Å². The van der Waals surface area contributed by atoms with Crippen LogP contribution in [0.15, 0.2) is 36.7 Å². The number of hydrogen-bond donors (Lipinski definition) is 0. The zero-order valence-electron chi connectivity index (χ0n) is 13.0. The van der Waals surface area contributed by atoms with E-state index in [1.54, 1.807) is 18.0 Å². The second-order valence-corrected chi connectivity index (χ2v) is 5.73. The number of rotatable bonds is 4. The van der Waals surface area contributed by atoms with Gasteiger partial charge in [0.05, 0.1) is 19.3 Å². The van der Waals surface area contributed by atoms with Gasteiger partial charge >= 0.3 is 0 Å². The first-order valence-electron chi connectivity index (χ1n) is 7.60. The molecule has 1 aromatic carbocycles. The van der Waals surface area contributed by atoms with Gasteiger partial charge in [0.15, 0.2) is 0 Å². The lowest BCUT2D eigenvalue weighted by atomic mass is 10.0. The third-order valence-electron chi connectivity index (χ3n) is 4.13. The largest absolute Gasteiger partial charge is 0.497 e. The third kappa shape index (κ3) is 2.98. The van der Waals surface area contributed by atoms with Crippen molar-refractivity contribution in [3.05, 3.63) is 47.8 Å². The van der Waals surface area contributed by atoms with Crippen molar-refractivity contribution in [1.82, 2.24) is 14.7 Å². The fourth-order valence-corrected chi connectivity index (χ4v) is 3.02. The Morgan fingerprint density at radius 3 is 2.77 bits per heavy atom. The summed E-state index contributed by atoms with van der Waals surface area (Å²) in [6.45, 7) is 3.10. The SMILES string of the molecule is COc1ccc([C@H]2CCCN2C(=O)Cn2cc(C)cn2)cc1. The van der Waals surface area contributed by atoms with E-state index in [1.807, 2.05) is 42.3 Å². The van der Waals surface area contributed by atoms with Crippen LogP contribution >= 0.6 is 0 Å². The number of likely N-dealkylation sites (tertiary alicyclic amines) is 1. The maximum Gasteiger partial charge on any atom is 0.244 e. The molecule has 1 fully saturated rings. The normalized spacial score (nSPS) is 17.7. The Morgan fingerprint density at radius 2 is 2.14 bits per heavy atom. The second-order valence-electron chi connectivity index (χ2n) is 5.73. The van der Waals surface area contributed by atoms with E-state index in [1.165, 1.54) is 5.56 Å². The van der Waals surface area contributed by atoms with Crippen molar-refractivity contribution in [1.29, 1.82) is 0 Å². The van der Waals surface area contributed by atoms with E-state index in [0.29, 0.717) is 6.54 Å². The van der Waals surface area contributed by atoms with Crippen molar-refractivity contribution in [2.75, 3.05) is 13.7 Å². The van der Waals surface area contributed by atoms with Crippen molar-refractivity contribution in [3.63, 3.8) is 0 Å². The predicted molar refractivity (Wildman–Crippen MR) is 83.6 cm³/mol. The number of ether oxygens (including phenoxy) is 1. The summed E-state index contributed by atoms with van der Waals surface area (Å²) in [5.74, 6) is 0.966. The molecule has 0 spiro atoms. The predicted octanol–water partition coefficient (Wildman–Crippen LogP) is 2.56. The minimum Gasteiger partial charge on any atom is -0.497 e. The standard InChI is InChI=1S/C17H21N3O2/c1-13-10-18-19(11-13)12-17(21)20-9-3-4-16(20)14-5-7-15(22-2)8-6-14/h5-8,10-11,16H,3-4,9,12H2,1-2H3/t16-/m1/s1. The minimum atomic E-state index is 0.126. The quantitative estimate of drug-likeness (QED) is 0.871. The first-order chi connectivity index (χ1) is 10.7. The zero-order valence-corrected chi connectivity index (χ0v) is 13.0. The van der Waals surface area contributed by atoms with E-state index >= 15 is 0 Å². The van der Waals surface area contributed by atoms with Crippen molar-refractivity contribution < 1.29 is 9.53 Å². The molecule has 1 amide bonds. The van der Waals surface area contributed by atoms with E-state index in [4.69, 9.17) is 4.74 Å². The maximum absolute atomic E-state index is 12.6. The number of amides is 1. The van der Waals surface area contributed by atoms with Crippen molar-refractivity contribution in [2.24, 2.45) is 0 Å². The molecule has 0 radical (unpaired) electrons. The lowest BCUT2D eigenvalue weighted by Gasteiger charge is -2.25. The van der Waals surface area contributed by atoms with E-state index in [2.05, 4.69) is 5.10 Å². The molecule has 3 rings (SSSR count). The molecule has 2 aromatic rings. The molecular weight excluding hydrogens is 278 g/mol. The number of benzene rings is 1. The molecular formula is C17H21N3O2. The monoisotopic (exact) mass is 299 g/mol. The number of hydrogen-bond acceptors (Lipinski definition) is 3. The van der Waals surface area contributed by atoms with Crippen molar-refractivity contribution >= 4 is 5.91 Å². The number of aryl methyl sites for hydroxylation is 1. The van der Waals surface area contributed by atoms with Gasteiger partial charge in [0.2, 0.25) is 5.91 Å². The summed E-state index contributed by atoms with van der Waals surface area (Å²) in [4.78, 5) is 14.5. The van der Waals surface area contributed by atoms with Gasteiger partial charge in [0.1, 0.15) is 12.3 Å². The molecule has 1 aliphatic rings. The average Bonchev–Trinajstić information content (AvgIpc) is 3.16. The summed E-state index contributed by atoms with van der Waals surface area (Å²) in [7, 11) is 1.66. The van der Waals surface area contributed by atoms with Gasteiger partial charge in [-0.25, -0.2) is 0 Å². The van der Waals surface area contributed by atoms with Gasteiger partial charge in [0, 0.05) is 12.7 Å². The Balaban J connectivity index is 1.72. The van der Waals surface area contributed by atoms with E-state index in [0.717, 1.165) is 30.7 Å². The molecule has 5 nitrogen and oxygen atoms in total. The van der Waals surface area contributed by atoms with Crippen LogP contribution in [0.25, 0.3) is 0 Å². The van der Waals surface area contributed by atoms with Crippen LogP contribution in [0.4, 0.5) is 0 Å². The number of carbonyl (C=O) groups excluding carboxylic acids is 1. The Bertz CT molecular complexity index is 648. The highest BCUT2D eigenvalue weighted by molar-refractivity contribution is 5.76. The highest BCUT2D eigenvalue weighted by Gasteiger charge is 2.29. The van der Waals surface area contributed by atoms with E-state index in [-0.39, 0.29) is 11.9 Å². The molecule has 0 bridgehead atoms. The van der Waals surface area contributed by atoms with Gasteiger partial charge in [0.25, 0.3) is 0 Å². The first-order valence-corrected chi connectivity index (χ1v) is 7.60. The summed E-state index contributed by atoms with van der Waals surface area (Å²) in [6, 6.07) is 8.16. The van der Waals surface area contributed by atoms with Gasteiger partial charge in [-0.1, -0.05) is 12.1 Å². The third-order valence-corrected chi connectivity index (χ3v) is 4.13. The van der Waals surface area contributed by atoms with Crippen LogP contribution < -0.4 is 4.74 Å². The average molecular weight is 299 g/mol. The zero-order chi connectivity index (χ0) is 15.5. The highest BCUT2D eigenvalue weighted by Crippen LogP contribution is 2.32. The summed E-state index contributed by atoms with van der Waals surface area (Å²) in [6.07, 6.45) is 5.73. The summed E-state index contributed by atoms with van der Waals surface area (Å²) < 4.78 is 6.90. The smallest absolute Gasteiger partial charge is 0.244 e. The molecule has 0 N–H and O–H groups in total. The summed E-state index contributed by atoms with van der Waals surface area (Å²) in [5, 5.41) is 4.20. The maximum atomic E-state index is 12.6. The molecule has 22 heavy (non-hydrogen) atoms. The molecule has 1 aromatic heterocycles. The van der Waals surface area contributed by atoms with Crippen LogP contribution in [0.3, 0.4) is 0 Å². The van der Waals surface area contributed by atoms with Gasteiger partial charge in [-0.2, -0.15) is 5.10 Å². The molecule has 2 heterocycles. The molecule has 0 aliphatic carbocycles. The van der Waals surface area contributed by atoms with Crippen LogP contribution in [-0.4, -0.2) is 34.2 Å². The Hall–Kier alpha value is -2.30. The molecule has 116 valence electrons. The minimum absolute atomic E-state index is 0.126. The van der Waals surface area contributed by atoms with E-state index < -0.39 is 0 Å². The van der Waals surface area contributed by atoms with Crippen molar-refractivity contribution in [2.45, 2.75) is 32.4 Å². The number of aromatic nitrogens is 2. The molecule has 0 unspecified atom stereocenters. The molecule has 5 heteroatoms. The summed E-state index contributed by atoms with van der Waals surface area (Å²) in [5.41, 5.74) is 2.24. The topological polar surface area (TPSA) is 47.4 Å². The van der Waals surface area contributed by atoms with Gasteiger partial charge in [-0.15, -0.1) is 0 Å². The highest BCUT2D eigenvalue weighted by atomic mass is 16.5. The molecule has 1 aliphatic heterocycles. The molecule has 0 saturated carbocycles. The number of carbonyl (C=O) groups is 1. The fourth-order valence-electron chi connectivity index (χ4n) is 3.02.